The van der Waals surface area contributed by atoms with Crippen molar-refractivity contribution in [3.8, 4) is 0 Å². The van der Waals surface area contributed by atoms with E-state index < -0.39 is 0 Å². The molecule has 1 rings (SSSR count). The fourth-order valence-corrected chi connectivity index (χ4v) is 1.69. The van der Waals surface area contributed by atoms with Gasteiger partial charge in [0.15, 0.2) is 0 Å². The quantitative estimate of drug-likeness (QED) is 0.581. The number of nitrogens with one attached hydrogen (secondary N) is 1. The van der Waals surface area contributed by atoms with Crippen LogP contribution in [-0.2, 0) is 0 Å². The van der Waals surface area contributed by atoms with Crippen LogP contribution in [0.2, 0.25) is 0 Å². The topological polar surface area (TPSA) is 12.0 Å². The first-order valence-corrected chi connectivity index (χ1v) is 5.67. The molecule has 0 radical (unpaired) electrons. The number of hydrogen-bond acceptors (Lipinski definition) is 1. The van der Waals surface area contributed by atoms with Gasteiger partial charge in [-0.05, 0) is 36.8 Å². The average molecular weight is 193 g/mol. The highest BCUT2D eigenvalue weighted by molar-refractivity contribution is 4.99. The monoisotopic (exact) mass is 193 g/mol. The van der Waals surface area contributed by atoms with Gasteiger partial charge in [0.2, 0.25) is 0 Å². The molecule has 0 bridgehead atoms. The Hall–Kier alpha value is -0.720. The highest BCUT2D eigenvalue weighted by Crippen LogP contribution is 2.26. The first kappa shape index (κ1) is 11.4. The van der Waals surface area contributed by atoms with E-state index in [2.05, 4.69) is 50.5 Å². The van der Waals surface area contributed by atoms with E-state index in [9.17, 15) is 0 Å². The normalized spacial score (nSPS) is 32.4. The predicted molar refractivity (Wildman–Crippen MR) is 63.1 cm³/mol. The standard InChI is InChI=1S/C13H23N/c1-12-6-4-5-8-13(2,3)9-11-14-10-7-12/h4,6-7,10,12,14H,5,8-9,11H2,1-3H3/b6-4-,10-7-/t12-/m0/s1. The SMILES string of the molecule is C[C@H]1/C=C\CCC(C)(C)CCN/C=C\1. The van der Waals surface area contributed by atoms with E-state index in [1.54, 1.807) is 0 Å². The van der Waals surface area contributed by atoms with Crippen molar-refractivity contribution in [3.63, 3.8) is 0 Å². The zero-order chi connectivity index (χ0) is 10.4. The Labute approximate surface area is 88.3 Å². The van der Waals surface area contributed by atoms with Crippen LogP contribution in [0.15, 0.2) is 24.4 Å². The van der Waals surface area contributed by atoms with E-state index in [0.717, 1.165) is 6.54 Å². The molecule has 0 aromatic heterocycles. The van der Waals surface area contributed by atoms with Gasteiger partial charge in [-0.25, -0.2) is 0 Å². The summed E-state index contributed by atoms with van der Waals surface area (Å²) in [4.78, 5) is 0. The van der Waals surface area contributed by atoms with Crippen LogP contribution in [0.1, 0.15) is 40.0 Å². The number of allylic oxidation sites excluding steroid dienone is 3. The van der Waals surface area contributed by atoms with Crippen molar-refractivity contribution in [1.29, 1.82) is 0 Å². The van der Waals surface area contributed by atoms with Crippen LogP contribution in [0.4, 0.5) is 0 Å². The van der Waals surface area contributed by atoms with Crippen molar-refractivity contribution in [2.45, 2.75) is 40.0 Å². The Kier molecular flexibility index (Phi) is 4.24. The molecule has 0 aromatic carbocycles. The molecule has 0 unspecified atom stereocenters. The van der Waals surface area contributed by atoms with Gasteiger partial charge in [-0.1, -0.05) is 39.0 Å². The van der Waals surface area contributed by atoms with Gasteiger partial charge in [0, 0.05) is 6.54 Å². The highest BCUT2D eigenvalue weighted by Gasteiger charge is 2.15. The molecule has 1 heteroatoms. The molecule has 0 aromatic rings. The third kappa shape index (κ3) is 4.50. The van der Waals surface area contributed by atoms with Crippen molar-refractivity contribution in [2.75, 3.05) is 6.54 Å². The van der Waals surface area contributed by atoms with Gasteiger partial charge in [-0.15, -0.1) is 0 Å². The van der Waals surface area contributed by atoms with Gasteiger partial charge >= 0.3 is 0 Å². The van der Waals surface area contributed by atoms with Gasteiger partial charge in [-0.2, -0.15) is 0 Å². The summed E-state index contributed by atoms with van der Waals surface area (Å²) in [6.07, 6.45) is 12.7. The molecule has 0 amide bonds. The Morgan fingerprint density at radius 1 is 1.21 bits per heavy atom. The number of hydrogen-bond donors (Lipinski definition) is 1. The molecule has 1 nitrogen and oxygen atoms in total. The van der Waals surface area contributed by atoms with Crippen LogP contribution >= 0.6 is 0 Å². The zero-order valence-corrected chi connectivity index (χ0v) is 9.72. The lowest BCUT2D eigenvalue weighted by molar-refractivity contribution is 0.310. The van der Waals surface area contributed by atoms with E-state index in [0.29, 0.717) is 11.3 Å². The summed E-state index contributed by atoms with van der Waals surface area (Å²) in [7, 11) is 0. The van der Waals surface area contributed by atoms with E-state index in [1.807, 2.05) is 0 Å². The third-order valence-corrected chi connectivity index (χ3v) is 2.89. The molecule has 0 aliphatic carbocycles. The molecular weight excluding hydrogens is 170 g/mol. The van der Waals surface area contributed by atoms with Crippen LogP contribution < -0.4 is 5.32 Å². The molecule has 1 aliphatic heterocycles. The molecule has 1 atom stereocenters. The van der Waals surface area contributed by atoms with Crippen LogP contribution in [0.25, 0.3) is 0 Å². The summed E-state index contributed by atoms with van der Waals surface area (Å²) in [6, 6.07) is 0. The first-order chi connectivity index (χ1) is 6.60. The Morgan fingerprint density at radius 2 is 2.00 bits per heavy atom. The smallest absolute Gasteiger partial charge is 0.0146 e. The summed E-state index contributed by atoms with van der Waals surface area (Å²) in [6.45, 7) is 8.02. The fraction of sp³-hybridized carbons (Fsp3) is 0.692. The molecule has 80 valence electrons. The second-order valence-electron chi connectivity index (χ2n) is 5.05. The summed E-state index contributed by atoms with van der Waals surface area (Å²) in [5.41, 5.74) is 0.471. The number of rotatable bonds is 0. The lowest BCUT2D eigenvalue weighted by atomic mass is 9.84. The summed E-state index contributed by atoms with van der Waals surface area (Å²) >= 11 is 0. The minimum absolute atomic E-state index is 0.471. The predicted octanol–water partition coefficient (Wildman–Crippen LogP) is 3.49. The summed E-state index contributed by atoms with van der Waals surface area (Å²) in [5, 5.41) is 3.35. The van der Waals surface area contributed by atoms with Gasteiger partial charge in [0.25, 0.3) is 0 Å². The second-order valence-corrected chi connectivity index (χ2v) is 5.05. The summed E-state index contributed by atoms with van der Waals surface area (Å²) < 4.78 is 0. The Balaban J connectivity index is 2.53. The molecule has 1 aliphatic rings. The molecule has 0 saturated heterocycles. The van der Waals surface area contributed by atoms with Crippen molar-refractivity contribution >= 4 is 0 Å². The molecule has 14 heavy (non-hydrogen) atoms. The molecule has 0 spiro atoms. The van der Waals surface area contributed by atoms with Gasteiger partial charge in [0.1, 0.15) is 0 Å². The van der Waals surface area contributed by atoms with Crippen LogP contribution in [0.5, 0.6) is 0 Å². The lowest BCUT2D eigenvalue weighted by Gasteiger charge is -2.23. The van der Waals surface area contributed by atoms with E-state index in [-0.39, 0.29) is 0 Å². The van der Waals surface area contributed by atoms with Crippen molar-refractivity contribution in [3.05, 3.63) is 24.4 Å². The van der Waals surface area contributed by atoms with Crippen molar-refractivity contribution < 1.29 is 0 Å². The maximum absolute atomic E-state index is 3.35. The van der Waals surface area contributed by atoms with Gasteiger partial charge in [0.05, 0.1) is 0 Å². The maximum Gasteiger partial charge on any atom is 0.0146 e. The maximum atomic E-state index is 3.35. The van der Waals surface area contributed by atoms with Crippen molar-refractivity contribution in [2.24, 2.45) is 11.3 Å². The van der Waals surface area contributed by atoms with E-state index in [1.165, 1.54) is 19.3 Å². The third-order valence-electron chi connectivity index (χ3n) is 2.89. The molecule has 1 heterocycles. The summed E-state index contributed by atoms with van der Waals surface area (Å²) in [5.74, 6) is 0.559. The second kappa shape index (κ2) is 5.23. The van der Waals surface area contributed by atoms with E-state index in [4.69, 9.17) is 0 Å². The molecule has 0 fully saturated rings. The largest absolute Gasteiger partial charge is 0.391 e. The van der Waals surface area contributed by atoms with Gasteiger partial charge in [-0.3, -0.25) is 0 Å². The van der Waals surface area contributed by atoms with Crippen LogP contribution in [0, 0.1) is 11.3 Å². The Morgan fingerprint density at radius 3 is 2.79 bits per heavy atom. The minimum Gasteiger partial charge on any atom is -0.391 e. The molecule has 0 saturated carbocycles. The van der Waals surface area contributed by atoms with Crippen LogP contribution in [-0.4, -0.2) is 6.54 Å². The van der Waals surface area contributed by atoms with Crippen LogP contribution in [0.3, 0.4) is 0 Å². The molecule has 1 N–H and O–H groups in total. The highest BCUT2D eigenvalue weighted by atomic mass is 14.8. The fourth-order valence-electron chi connectivity index (χ4n) is 1.69. The first-order valence-electron chi connectivity index (χ1n) is 5.67. The van der Waals surface area contributed by atoms with Crippen molar-refractivity contribution in [1.82, 2.24) is 5.32 Å². The zero-order valence-electron chi connectivity index (χ0n) is 9.72. The van der Waals surface area contributed by atoms with Gasteiger partial charge < -0.3 is 5.32 Å². The Bertz CT molecular complexity index is 213. The lowest BCUT2D eigenvalue weighted by Crippen LogP contribution is -2.18. The molecular formula is C13H23N. The minimum atomic E-state index is 0.471. The van der Waals surface area contributed by atoms with E-state index >= 15 is 0 Å². The average Bonchev–Trinajstić information content (AvgIpc) is 2.13.